The van der Waals surface area contributed by atoms with Gasteiger partial charge in [0.25, 0.3) is 0 Å². The number of rotatable bonds is 7. The topological polar surface area (TPSA) is 8.17 Å². The lowest BCUT2D eigenvalue weighted by Gasteiger charge is -2.25. The maximum Gasteiger partial charge on any atom is 0.0585 e. The number of anilines is 3. The molecule has 0 spiro atoms. The summed E-state index contributed by atoms with van der Waals surface area (Å²) in [4.78, 5) is 2.30. The van der Waals surface area contributed by atoms with Gasteiger partial charge in [0.15, 0.2) is 0 Å². The number of para-hydroxylation sites is 2. The molecular formula is C45H36N2. The summed E-state index contributed by atoms with van der Waals surface area (Å²) in [6.07, 6.45) is 10.9. The zero-order valence-corrected chi connectivity index (χ0v) is 26.5. The number of hydrogen-bond acceptors (Lipinski definition) is 1. The highest BCUT2D eigenvalue weighted by atomic mass is 15.1. The summed E-state index contributed by atoms with van der Waals surface area (Å²) in [5, 5.41) is 2.55. The molecule has 0 saturated heterocycles. The summed E-state index contributed by atoms with van der Waals surface area (Å²) in [6.45, 7) is 6.23. The number of fused-ring (bicyclic) bond motifs is 3. The van der Waals surface area contributed by atoms with Crippen molar-refractivity contribution in [2.75, 3.05) is 4.90 Å². The minimum Gasteiger partial charge on any atom is -0.333 e. The first-order valence-electron chi connectivity index (χ1n) is 16.3. The molecule has 2 unspecified atom stereocenters. The summed E-state index contributed by atoms with van der Waals surface area (Å²) >= 11 is 0. The predicted octanol–water partition coefficient (Wildman–Crippen LogP) is 12.5. The molecule has 8 rings (SSSR count). The van der Waals surface area contributed by atoms with E-state index in [-0.39, 0.29) is 6.04 Å². The molecule has 2 nitrogen and oxygen atoms in total. The van der Waals surface area contributed by atoms with E-state index in [2.05, 4.69) is 193 Å². The number of nitrogens with zero attached hydrogens (tertiary/aromatic N) is 2. The first-order chi connectivity index (χ1) is 23.2. The van der Waals surface area contributed by atoms with Crippen molar-refractivity contribution in [1.82, 2.24) is 4.57 Å². The second-order valence-corrected chi connectivity index (χ2v) is 12.3. The standard InChI is InChI=1S/C45H36N2/c1-3-33-18-20-34(21-19-33)36-24-28-44-41(30-36)42-31-37(25-29-45(42)47(44)43-17-11-10-12-32(43)2)35-22-26-40(27-23-35)46(38-13-6-4-7-14-38)39-15-8-5-9-16-39/h3-32,43H,1H2,2H3. The molecule has 0 bridgehead atoms. The molecular weight excluding hydrogens is 569 g/mol. The Kier molecular flexibility index (Phi) is 7.39. The lowest BCUT2D eigenvalue weighted by Crippen LogP contribution is -2.15. The van der Waals surface area contributed by atoms with Crippen LogP contribution < -0.4 is 4.90 Å². The first kappa shape index (κ1) is 28.6. The van der Waals surface area contributed by atoms with Crippen molar-refractivity contribution in [3.05, 3.63) is 182 Å². The lowest BCUT2D eigenvalue weighted by molar-refractivity contribution is 0.510. The van der Waals surface area contributed by atoms with Crippen LogP contribution in [0.4, 0.5) is 17.1 Å². The van der Waals surface area contributed by atoms with E-state index < -0.39 is 0 Å². The minimum absolute atomic E-state index is 0.254. The van der Waals surface area contributed by atoms with Gasteiger partial charge < -0.3 is 9.47 Å². The van der Waals surface area contributed by atoms with Crippen molar-refractivity contribution in [1.29, 1.82) is 0 Å². The molecule has 0 fully saturated rings. The Morgan fingerprint density at radius 1 is 0.532 bits per heavy atom. The molecule has 1 aliphatic carbocycles. The van der Waals surface area contributed by atoms with Crippen LogP contribution in [0.5, 0.6) is 0 Å². The van der Waals surface area contributed by atoms with Crippen molar-refractivity contribution in [2.24, 2.45) is 5.92 Å². The van der Waals surface area contributed by atoms with E-state index in [0.29, 0.717) is 5.92 Å². The SMILES string of the molecule is C=Cc1ccc(-c2ccc3c(c2)c2cc(-c4ccc(N(c5ccccc5)c5ccccc5)cc4)ccc2n3C2C=CC=CC2C)cc1. The normalized spacial score (nSPS) is 15.7. The zero-order chi connectivity index (χ0) is 31.7. The quantitative estimate of drug-likeness (QED) is 0.176. The number of aromatic nitrogens is 1. The Balaban J connectivity index is 1.24. The van der Waals surface area contributed by atoms with Crippen LogP contribution >= 0.6 is 0 Å². The molecule has 7 aromatic rings. The molecule has 0 aliphatic heterocycles. The Morgan fingerprint density at radius 2 is 1.00 bits per heavy atom. The molecule has 226 valence electrons. The van der Waals surface area contributed by atoms with Gasteiger partial charge in [0, 0.05) is 38.9 Å². The molecule has 0 N–H and O–H groups in total. The van der Waals surface area contributed by atoms with Crippen LogP contribution in [0.25, 0.3) is 50.1 Å². The van der Waals surface area contributed by atoms with E-state index in [4.69, 9.17) is 0 Å². The fourth-order valence-electron chi connectivity index (χ4n) is 6.98. The highest BCUT2D eigenvalue weighted by Crippen LogP contribution is 2.41. The van der Waals surface area contributed by atoms with Gasteiger partial charge in [-0.3, -0.25) is 0 Å². The Bertz CT molecular complexity index is 2210. The highest BCUT2D eigenvalue weighted by molar-refractivity contribution is 6.10. The summed E-state index contributed by atoms with van der Waals surface area (Å²) < 4.78 is 2.53. The van der Waals surface area contributed by atoms with E-state index in [1.807, 2.05) is 6.08 Å². The summed E-state index contributed by atoms with van der Waals surface area (Å²) in [5.41, 5.74) is 11.9. The molecule has 0 amide bonds. The van der Waals surface area contributed by atoms with Gasteiger partial charge in [0.1, 0.15) is 0 Å². The van der Waals surface area contributed by atoms with Crippen molar-refractivity contribution in [3.8, 4) is 22.3 Å². The molecule has 2 atom stereocenters. The second-order valence-electron chi connectivity index (χ2n) is 12.3. The van der Waals surface area contributed by atoms with Gasteiger partial charge in [-0.2, -0.15) is 0 Å². The van der Waals surface area contributed by atoms with Crippen LogP contribution in [0.15, 0.2) is 176 Å². The molecule has 2 heteroatoms. The van der Waals surface area contributed by atoms with Crippen LogP contribution in [0, 0.1) is 5.92 Å². The van der Waals surface area contributed by atoms with Gasteiger partial charge in [-0.15, -0.1) is 0 Å². The van der Waals surface area contributed by atoms with Crippen LogP contribution in [-0.4, -0.2) is 4.57 Å². The van der Waals surface area contributed by atoms with Gasteiger partial charge in [0.2, 0.25) is 0 Å². The maximum atomic E-state index is 3.92. The van der Waals surface area contributed by atoms with E-state index >= 15 is 0 Å². The third-order valence-corrected chi connectivity index (χ3v) is 9.44. The Hall–Kier alpha value is -5.86. The fraction of sp³-hybridized carbons (Fsp3) is 0.0667. The van der Waals surface area contributed by atoms with E-state index in [9.17, 15) is 0 Å². The predicted molar refractivity (Wildman–Crippen MR) is 202 cm³/mol. The van der Waals surface area contributed by atoms with Crippen LogP contribution in [0.1, 0.15) is 18.5 Å². The largest absolute Gasteiger partial charge is 0.333 e. The maximum absolute atomic E-state index is 3.92. The van der Waals surface area contributed by atoms with E-state index in [1.165, 1.54) is 44.1 Å². The third kappa shape index (κ3) is 5.28. The van der Waals surface area contributed by atoms with Gasteiger partial charge in [-0.05, 0) is 94.4 Å². The molecule has 0 radical (unpaired) electrons. The molecule has 47 heavy (non-hydrogen) atoms. The Morgan fingerprint density at radius 3 is 1.51 bits per heavy atom. The third-order valence-electron chi connectivity index (χ3n) is 9.44. The highest BCUT2D eigenvalue weighted by Gasteiger charge is 2.22. The molecule has 0 saturated carbocycles. The van der Waals surface area contributed by atoms with E-state index in [0.717, 1.165) is 22.6 Å². The van der Waals surface area contributed by atoms with Crippen molar-refractivity contribution < 1.29 is 0 Å². The minimum atomic E-state index is 0.254. The number of benzene rings is 6. The Labute approximate surface area is 276 Å². The smallest absolute Gasteiger partial charge is 0.0585 e. The lowest BCUT2D eigenvalue weighted by atomic mass is 9.96. The van der Waals surface area contributed by atoms with Crippen LogP contribution in [0.3, 0.4) is 0 Å². The van der Waals surface area contributed by atoms with Gasteiger partial charge in [0.05, 0.1) is 6.04 Å². The average molecular weight is 605 g/mol. The van der Waals surface area contributed by atoms with Gasteiger partial charge >= 0.3 is 0 Å². The summed E-state index contributed by atoms with van der Waals surface area (Å²) in [7, 11) is 0. The zero-order valence-electron chi connectivity index (χ0n) is 26.5. The molecule has 6 aromatic carbocycles. The van der Waals surface area contributed by atoms with Crippen LogP contribution in [0.2, 0.25) is 0 Å². The van der Waals surface area contributed by atoms with Crippen molar-refractivity contribution >= 4 is 44.9 Å². The van der Waals surface area contributed by atoms with Crippen molar-refractivity contribution in [3.63, 3.8) is 0 Å². The molecule has 1 aliphatic rings. The first-order valence-corrected chi connectivity index (χ1v) is 16.3. The monoisotopic (exact) mass is 604 g/mol. The van der Waals surface area contributed by atoms with Gasteiger partial charge in [-0.1, -0.05) is 129 Å². The number of allylic oxidation sites excluding steroid dienone is 4. The van der Waals surface area contributed by atoms with Gasteiger partial charge in [-0.25, -0.2) is 0 Å². The summed E-state index contributed by atoms with van der Waals surface area (Å²) in [6, 6.07) is 52.9. The van der Waals surface area contributed by atoms with Crippen molar-refractivity contribution in [2.45, 2.75) is 13.0 Å². The molecule has 1 heterocycles. The number of hydrogen-bond donors (Lipinski definition) is 0. The average Bonchev–Trinajstić information content (AvgIpc) is 3.46. The fourth-order valence-corrected chi connectivity index (χ4v) is 6.98. The second kappa shape index (κ2) is 12.2. The summed E-state index contributed by atoms with van der Waals surface area (Å²) in [5.74, 6) is 0.398. The van der Waals surface area contributed by atoms with E-state index in [1.54, 1.807) is 0 Å². The molecule has 1 aromatic heterocycles. The van der Waals surface area contributed by atoms with Crippen LogP contribution in [-0.2, 0) is 0 Å².